The number of carbonyl (C=O) groups is 1. The molecule has 0 saturated carbocycles. The summed E-state index contributed by atoms with van der Waals surface area (Å²) in [7, 11) is 0. The van der Waals surface area contributed by atoms with E-state index in [2.05, 4.69) is 0 Å². The zero-order chi connectivity index (χ0) is 16.8. The fourth-order valence-electron chi connectivity index (χ4n) is 4.41. The van der Waals surface area contributed by atoms with Gasteiger partial charge in [-0.15, -0.1) is 0 Å². The smallest absolute Gasteiger partial charge is 0.269 e. The first-order valence-electron chi connectivity index (χ1n) is 8.59. The van der Waals surface area contributed by atoms with Crippen LogP contribution in [0.25, 0.3) is 0 Å². The van der Waals surface area contributed by atoms with Crippen molar-refractivity contribution in [3.05, 3.63) is 39.9 Å². The van der Waals surface area contributed by atoms with E-state index in [1.54, 1.807) is 17.1 Å². The van der Waals surface area contributed by atoms with Crippen molar-refractivity contribution in [2.45, 2.75) is 38.3 Å². The molecule has 0 unspecified atom stereocenters. The number of nitro benzene ring substituents is 1. The number of amides is 1. The summed E-state index contributed by atoms with van der Waals surface area (Å²) in [5.74, 6) is 0.503. The first-order valence-corrected chi connectivity index (χ1v) is 8.59. The quantitative estimate of drug-likeness (QED) is 0.661. The van der Waals surface area contributed by atoms with Gasteiger partial charge in [-0.25, -0.2) is 5.01 Å². The highest BCUT2D eigenvalue weighted by Gasteiger charge is 2.54. The number of nitrogens with one attached hydrogen (secondary N) is 1. The fourth-order valence-corrected chi connectivity index (χ4v) is 4.41. The zero-order valence-electron chi connectivity index (χ0n) is 13.6. The predicted octanol–water partition coefficient (Wildman–Crippen LogP) is 0.921. The molecule has 0 aliphatic carbocycles. The average molecular weight is 329 g/mol. The van der Waals surface area contributed by atoms with Gasteiger partial charge in [0.2, 0.25) is 5.91 Å². The molecule has 1 aromatic carbocycles. The van der Waals surface area contributed by atoms with E-state index in [1.165, 1.54) is 17.0 Å². The largest absolute Gasteiger partial charge is 0.326 e. The van der Waals surface area contributed by atoms with Crippen LogP contribution in [0.3, 0.4) is 0 Å². The fraction of sp³-hybridized carbons (Fsp3) is 0.529. The van der Waals surface area contributed by atoms with Crippen LogP contribution in [0.2, 0.25) is 0 Å². The second-order valence-electron chi connectivity index (χ2n) is 6.82. The highest BCUT2D eigenvalue weighted by molar-refractivity contribution is 5.96. The first kappa shape index (κ1) is 15.3. The van der Waals surface area contributed by atoms with E-state index >= 15 is 0 Å². The minimum absolute atomic E-state index is 0.0141. The molecule has 4 aliphatic heterocycles. The van der Waals surface area contributed by atoms with Crippen molar-refractivity contribution in [1.29, 1.82) is 0 Å². The van der Waals surface area contributed by atoms with E-state index in [4.69, 9.17) is 5.10 Å². The molecule has 1 amide bonds. The highest BCUT2D eigenvalue weighted by Crippen LogP contribution is 2.37. The molecule has 24 heavy (non-hydrogen) atoms. The SMILES string of the molecule is CCC(=O)N1N=C2C3CC[NH+](CC3)[C@@H]2[C@@H]1c1ccc([N+](=O)[O-])cc1. The standard InChI is InChI=1S/C17H20N4O3/c1-2-14(22)20-16(12-3-5-13(6-4-12)21(23)24)17-15(18-20)11-7-9-19(17)10-8-11/h3-6,11,16-17H,2,7-10H2,1H3/p+1/t16-,17-/m0/s1. The van der Waals surface area contributed by atoms with Gasteiger partial charge in [-0.1, -0.05) is 6.92 Å². The number of hydrogen-bond acceptors (Lipinski definition) is 4. The normalized spacial score (nSPS) is 30.9. The molecule has 3 fully saturated rings. The summed E-state index contributed by atoms with van der Waals surface area (Å²) in [6, 6.07) is 6.67. The van der Waals surface area contributed by atoms with Crippen LogP contribution in [0.1, 0.15) is 37.8 Å². The number of quaternary nitrogens is 1. The molecule has 0 radical (unpaired) electrons. The van der Waals surface area contributed by atoms with Gasteiger partial charge in [0, 0.05) is 37.3 Å². The van der Waals surface area contributed by atoms with Crippen LogP contribution >= 0.6 is 0 Å². The van der Waals surface area contributed by atoms with Crippen molar-refractivity contribution >= 4 is 17.3 Å². The van der Waals surface area contributed by atoms with Gasteiger partial charge in [-0.2, -0.15) is 5.10 Å². The lowest BCUT2D eigenvalue weighted by molar-refractivity contribution is -0.927. The molecule has 7 nitrogen and oxygen atoms in total. The Morgan fingerprint density at radius 3 is 2.58 bits per heavy atom. The molecular formula is C17H21N4O3+. The molecule has 3 saturated heterocycles. The number of nitro groups is 1. The summed E-state index contributed by atoms with van der Waals surface area (Å²) in [4.78, 5) is 24.4. The molecular weight excluding hydrogens is 308 g/mol. The minimum atomic E-state index is -0.396. The maximum Gasteiger partial charge on any atom is 0.269 e. The molecule has 1 N–H and O–H groups in total. The Hall–Kier alpha value is -2.28. The van der Waals surface area contributed by atoms with Crippen molar-refractivity contribution in [3.8, 4) is 0 Å². The van der Waals surface area contributed by atoms with Crippen molar-refractivity contribution in [2.75, 3.05) is 13.1 Å². The highest BCUT2D eigenvalue weighted by atomic mass is 16.6. The van der Waals surface area contributed by atoms with Crippen LogP contribution in [-0.2, 0) is 4.79 Å². The van der Waals surface area contributed by atoms with E-state index in [1.807, 2.05) is 6.92 Å². The third-order valence-corrected chi connectivity index (χ3v) is 5.61. The lowest BCUT2D eigenvalue weighted by atomic mass is 9.78. The molecule has 4 heterocycles. The van der Waals surface area contributed by atoms with Crippen LogP contribution in [-0.4, -0.2) is 40.7 Å². The summed E-state index contributed by atoms with van der Waals surface area (Å²) in [6.45, 7) is 4.08. The number of fused-ring (bicyclic) bond motifs is 2. The van der Waals surface area contributed by atoms with Crippen LogP contribution < -0.4 is 4.90 Å². The Labute approximate surface area is 140 Å². The maximum atomic E-state index is 12.5. The van der Waals surface area contributed by atoms with Gasteiger partial charge in [-0.3, -0.25) is 14.9 Å². The summed E-state index contributed by atoms with van der Waals surface area (Å²) in [6.07, 6.45) is 2.70. The third-order valence-electron chi connectivity index (χ3n) is 5.61. The molecule has 7 heteroatoms. The maximum absolute atomic E-state index is 12.5. The predicted molar refractivity (Wildman–Crippen MR) is 87.6 cm³/mol. The van der Waals surface area contributed by atoms with Gasteiger partial charge in [0.05, 0.1) is 18.0 Å². The van der Waals surface area contributed by atoms with Gasteiger partial charge in [-0.05, 0) is 17.7 Å². The van der Waals surface area contributed by atoms with Gasteiger partial charge in [0.25, 0.3) is 5.69 Å². The number of piperidine rings is 3. The Balaban J connectivity index is 1.73. The van der Waals surface area contributed by atoms with Gasteiger partial charge >= 0.3 is 0 Å². The molecule has 4 aliphatic rings. The van der Waals surface area contributed by atoms with Crippen molar-refractivity contribution in [1.82, 2.24) is 5.01 Å². The van der Waals surface area contributed by atoms with Gasteiger partial charge in [0.1, 0.15) is 11.8 Å². The summed E-state index contributed by atoms with van der Waals surface area (Å²) >= 11 is 0. The Morgan fingerprint density at radius 1 is 1.33 bits per heavy atom. The van der Waals surface area contributed by atoms with Gasteiger partial charge < -0.3 is 4.90 Å². The topological polar surface area (TPSA) is 80.2 Å². The number of rotatable bonds is 3. The monoisotopic (exact) mass is 329 g/mol. The average Bonchev–Trinajstić information content (AvgIpc) is 3.04. The zero-order valence-corrected chi connectivity index (χ0v) is 13.6. The van der Waals surface area contributed by atoms with E-state index < -0.39 is 4.92 Å². The summed E-state index contributed by atoms with van der Waals surface area (Å²) < 4.78 is 0. The minimum Gasteiger partial charge on any atom is -0.326 e. The molecule has 126 valence electrons. The summed E-state index contributed by atoms with van der Waals surface area (Å²) in [5.41, 5.74) is 2.17. The summed E-state index contributed by atoms with van der Waals surface area (Å²) in [5, 5.41) is 17.3. The van der Waals surface area contributed by atoms with Crippen LogP contribution in [0.15, 0.2) is 29.4 Å². The second kappa shape index (κ2) is 5.66. The van der Waals surface area contributed by atoms with E-state index in [0.717, 1.165) is 37.2 Å². The molecule has 2 bridgehead atoms. The van der Waals surface area contributed by atoms with Crippen molar-refractivity contribution in [3.63, 3.8) is 0 Å². The Kier molecular flexibility index (Phi) is 3.60. The third kappa shape index (κ3) is 2.23. The number of hydrogen-bond donors (Lipinski definition) is 1. The molecule has 2 atom stereocenters. The van der Waals surface area contributed by atoms with E-state index in [0.29, 0.717) is 12.3 Å². The first-order chi connectivity index (χ1) is 11.6. The van der Waals surface area contributed by atoms with Crippen molar-refractivity contribution in [2.24, 2.45) is 11.0 Å². The Bertz CT molecular complexity index is 707. The number of hydrazone groups is 1. The van der Waals surface area contributed by atoms with E-state index in [-0.39, 0.29) is 23.7 Å². The van der Waals surface area contributed by atoms with Crippen LogP contribution in [0.5, 0.6) is 0 Å². The Morgan fingerprint density at radius 2 is 2.00 bits per heavy atom. The van der Waals surface area contributed by atoms with E-state index in [9.17, 15) is 14.9 Å². The van der Waals surface area contributed by atoms with Crippen LogP contribution in [0.4, 0.5) is 5.69 Å². The number of benzene rings is 1. The van der Waals surface area contributed by atoms with Crippen LogP contribution in [0, 0.1) is 16.0 Å². The molecule has 0 spiro atoms. The molecule has 0 aromatic heterocycles. The number of carbonyl (C=O) groups excluding carboxylic acids is 1. The lowest BCUT2D eigenvalue weighted by Crippen LogP contribution is -3.20. The van der Waals surface area contributed by atoms with Crippen molar-refractivity contribution < 1.29 is 14.6 Å². The number of nitrogens with zero attached hydrogens (tertiary/aromatic N) is 3. The second-order valence-corrected chi connectivity index (χ2v) is 6.82. The van der Waals surface area contributed by atoms with Gasteiger partial charge in [0.15, 0.2) is 6.04 Å². The molecule has 5 rings (SSSR count). The number of non-ortho nitro benzene ring substituents is 1. The lowest BCUT2D eigenvalue weighted by Gasteiger charge is -2.42. The molecule has 1 aromatic rings.